The first-order valence-corrected chi connectivity index (χ1v) is 18.0. The van der Waals surface area contributed by atoms with Gasteiger partial charge in [0.1, 0.15) is 16.5 Å². The molecule has 3 aromatic heterocycles. The number of thiophene rings is 1. The summed E-state index contributed by atoms with van der Waals surface area (Å²) in [6.07, 6.45) is -0.545. The van der Waals surface area contributed by atoms with Gasteiger partial charge in [0.05, 0.1) is 11.8 Å². The highest BCUT2D eigenvalue weighted by Crippen LogP contribution is 2.34. The minimum atomic E-state index is -4.25. The molecule has 0 saturated carbocycles. The number of anilines is 1. The minimum absolute atomic E-state index is 0.145. The van der Waals surface area contributed by atoms with E-state index in [2.05, 4.69) is 73.9 Å². The number of fused-ring (bicyclic) bond motifs is 2. The Kier molecular flexibility index (Phi) is 10.3. The number of nitrogens with one attached hydrogen (secondary N) is 2. The van der Waals surface area contributed by atoms with Crippen LogP contribution < -0.4 is 10.6 Å². The molecule has 0 spiro atoms. The van der Waals surface area contributed by atoms with E-state index in [1.165, 1.54) is 27.7 Å². The fraction of sp³-hybridized carbons (Fsp3) is 0.583. The number of amides is 1. The van der Waals surface area contributed by atoms with Gasteiger partial charge in [-0.15, -0.1) is 11.3 Å². The molecule has 1 amide bonds. The third-order valence-corrected chi connectivity index (χ3v) is 11.4. The second-order valence-corrected chi connectivity index (χ2v) is 15.0. The van der Waals surface area contributed by atoms with Crippen molar-refractivity contribution in [2.75, 3.05) is 38.5 Å². The standard InChI is InChI=1S/C36H48F3N7OS/c1-22-16-30-24(3)27(6-7-32(30)46(22)20-23(2)45-14-8-26(9-15-45)17-33(47)40-5)21-44-12-10-28(11-13-44)43-34-31-18-29(19-36(37,38)39)48-35(31)42-25(4)41-34/h6-7,16,18,23,26,28H,8-15,17,19-21H2,1-5H3,(H,40,47)(H,41,42,43)/t23-/m0/s1. The molecule has 2 fully saturated rings. The highest BCUT2D eigenvalue weighted by Gasteiger charge is 2.30. The molecule has 5 heterocycles. The van der Waals surface area contributed by atoms with Crippen LogP contribution in [0.25, 0.3) is 21.1 Å². The molecule has 0 aliphatic carbocycles. The van der Waals surface area contributed by atoms with E-state index in [4.69, 9.17) is 0 Å². The summed E-state index contributed by atoms with van der Waals surface area (Å²) in [5, 5.41) is 8.31. The summed E-state index contributed by atoms with van der Waals surface area (Å²) in [6.45, 7) is 14.3. The van der Waals surface area contributed by atoms with Gasteiger partial charge in [-0.05, 0) is 102 Å². The number of nitrogens with zero attached hydrogens (tertiary/aromatic N) is 5. The number of halogens is 3. The summed E-state index contributed by atoms with van der Waals surface area (Å²) in [7, 11) is 1.72. The average molecular weight is 684 g/mol. The lowest BCUT2D eigenvalue weighted by Crippen LogP contribution is -2.42. The third-order valence-electron chi connectivity index (χ3n) is 10.4. The van der Waals surface area contributed by atoms with Crippen LogP contribution in [0.5, 0.6) is 0 Å². The zero-order valence-corrected chi connectivity index (χ0v) is 29.5. The van der Waals surface area contributed by atoms with E-state index in [9.17, 15) is 18.0 Å². The summed E-state index contributed by atoms with van der Waals surface area (Å²) >= 11 is 1.10. The monoisotopic (exact) mass is 683 g/mol. The van der Waals surface area contributed by atoms with Gasteiger partial charge in [-0.3, -0.25) is 14.6 Å². The molecule has 8 nitrogen and oxygen atoms in total. The summed E-state index contributed by atoms with van der Waals surface area (Å²) in [5.41, 5.74) is 5.25. The van der Waals surface area contributed by atoms with Crippen molar-refractivity contribution in [3.05, 3.63) is 51.8 Å². The Balaban J connectivity index is 1.05. The predicted molar refractivity (Wildman–Crippen MR) is 188 cm³/mol. The number of likely N-dealkylation sites (tertiary alicyclic amines) is 2. The lowest BCUT2D eigenvalue weighted by atomic mass is 9.92. The molecule has 0 unspecified atom stereocenters. The van der Waals surface area contributed by atoms with Crippen LogP contribution in [0.3, 0.4) is 0 Å². The maximum Gasteiger partial charge on any atom is 0.393 e. The molecule has 2 saturated heterocycles. The van der Waals surface area contributed by atoms with Crippen LogP contribution in [-0.2, 0) is 24.3 Å². The van der Waals surface area contributed by atoms with Crippen LogP contribution in [0.15, 0.2) is 24.3 Å². The largest absolute Gasteiger partial charge is 0.393 e. The van der Waals surface area contributed by atoms with E-state index >= 15 is 0 Å². The maximum atomic E-state index is 13.0. The number of rotatable bonds is 10. The molecule has 2 aliphatic rings. The quantitative estimate of drug-likeness (QED) is 0.188. The summed E-state index contributed by atoms with van der Waals surface area (Å²) in [5.74, 6) is 1.83. The molecule has 2 N–H and O–H groups in total. The molecule has 1 atom stereocenters. The van der Waals surface area contributed by atoms with Crippen LogP contribution in [0.1, 0.15) is 66.6 Å². The van der Waals surface area contributed by atoms with Crippen molar-refractivity contribution < 1.29 is 18.0 Å². The van der Waals surface area contributed by atoms with E-state index in [0.29, 0.717) is 40.2 Å². The predicted octanol–water partition coefficient (Wildman–Crippen LogP) is 6.99. The Bertz CT molecular complexity index is 1750. The van der Waals surface area contributed by atoms with Crippen LogP contribution in [-0.4, -0.2) is 81.7 Å². The van der Waals surface area contributed by atoms with Crippen molar-refractivity contribution >= 4 is 44.2 Å². The topological polar surface area (TPSA) is 78.3 Å². The van der Waals surface area contributed by atoms with Gasteiger partial charge in [0.15, 0.2) is 0 Å². The summed E-state index contributed by atoms with van der Waals surface area (Å²) in [4.78, 5) is 26.7. The van der Waals surface area contributed by atoms with E-state index in [0.717, 1.165) is 76.3 Å². The molecule has 260 valence electrons. The van der Waals surface area contributed by atoms with Crippen molar-refractivity contribution in [1.82, 2.24) is 29.7 Å². The van der Waals surface area contributed by atoms with Crippen molar-refractivity contribution in [1.29, 1.82) is 0 Å². The first kappa shape index (κ1) is 34.6. The van der Waals surface area contributed by atoms with Gasteiger partial charge < -0.3 is 15.2 Å². The van der Waals surface area contributed by atoms with Gasteiger partial charge in [0.2, 0.25) is 5.91 Å². The lowest BCUT2D eigenvalue weighted by molar-refractivity contribution is -0.126. The van der Waals surface area contributed by atoms with E-state index in [1.807, 2.05) is 0 Å². The lowest BCUT2D eigenvalue weighted by Gasteiger charge is -2.36. The number of carbonyl (C=O) groups is 1. The fourth-order valence-electron chi connectivity index (χ4n) is 7.55. The van der Waals surface area contributed by atoms with Crippen LogP contribution in [0.4, 0.5) is 19.0 Å². The second-order valence-electron chi connectivity index (χ2n) is 13.9. The molecular weight excluding hydrogens is 636 g/mol. The highest BCUT2D eigenvalue weighted by atomic mass is 32.1. The van der Waals surface area contributed by atoms with Crippen LogP contribution >= 0.6 is 11.3 Å². The fourth-order valence-corrected chi connectivity index (χ4v) is 8.66. The molecule has 6 rings (SSSR count). The van der Waals surface area contributed by atoms with Gasteiger partial charge in [0, 0.05) is 73.2 Å². The number of carbonyl (C=O) groups excluding carboxylic acids is 1. The maximum absolute atomic E-state index is 13.0. The van der Waals surface area contributed by atoms with Crippen LogP contribution in [0.2, 0.25) is 0 Å². The number of alkyl halides is 3. The van der Waals surface area contributed by atoms with E-state index in [1.54, 1.807) is 20.0 Å². The van der Waals surface area contributed by atoms with Crippen molar-refractivity contribution in [2.45, 2.75) is 97.6 Å². The SMILES string of the molecule is CNC(=O)CC1CCN([C@@H](C)Cn2c(C)cc3c(C)c(CN4CCC(Nc5nc(C)nc6sc(CC(F)(F)F)cc56)CC4)ccc32)CC1. The zero-order chi connectivity index (χ0) is 34.2. The summed E-state index contributed by atoms with van der Waals surface area (Å²) in [6, 6.07) is 9.13. The first-order chi connectivity index (χ1) is 22.9. The second kappa shape index (κ2) is 14.3. The first-order valence-electron chi connectivity index (χ1n) is 17.2. The molecular formula is C36H48F3N7OS. The normalized spacial score (nSPS) is 18.2. The molecule has 12 heteroatoms. The van der Waals surface area contributed by atoms with Gasteiger partial charge in [-0.25, -0.2) is 9.97 Å². The Morgan fingerprint density at radius 3 is 2.44 bits per heavy atom. The molecule has 1 aromatic carbocycles. The van der Waals surface area contributed by atoms with Gasteiger partial charge >= 0.3 is 6.18 Å². The van der Waals surface area contributed by atoms with Crippen molar-refractivity contribution in [3.63, 3.8) is 0 Å². The number of aromatic nitrogens is 3. The molecule has 0 bridgehead atoms. The molecule has 0 radical (unpaired) electrons. The number of benzene rings is 1. The van der Waals surface area contributed by atoms with Gasteiger partial charge in [0.25, 0.3) is 0 Å². The molecule has 2 aliphatic heterocycles. The zero-order valence-electron chi connectivity index (χ0n) is 28.7. The Hall–Kier alpha value is -3.22. The minimum Gasteiger partial charge on any atom is -0.367 e. The summed E-state index contributed by atoms with van der Waals surface area (Å²) < 4.78 is 41.6. The average Bonchev–Trinajstić information content (AvgIpc) is 3.58. The number of piperidine rings is 2. The van der Waals surface area contributed by atoms with E-state index in [-0.39, 0.29) is 16.8 Å². The van der Waals surface area contributed by atoms with Crippen molar-refractivity contribution in [3.8, 4) is 0 Å². The Morgan fingerprint density at radius 2 is 1.75 bits per heavy atom. The smallest absolute Gasteiger partial charge is 0.367 e. The van der Waals surface area contributed by atoms with Crippen molar-refractivity contribution in [2.24, 2.45) is 5.92 Å². The van der Waals surface area contributed by atoms with E-state index < -0.39 is 12.6 Å². The highest BCUT2D eigenvalue weighted by molar-refractivity contribution is 7.18. The van der Waals surface area contributed by atoms with Crippen LogP contribution in [0, 0.1) is 26.7 Å². The third kappa shape index (κ3) is 7.97. The Morgan fingerprint density at radius 1 is 1.02 bits per heavy atom. The molecule has 4 aromatic rings. The molecule has 48 heavy (non-hydrogen) atoms. The Labute approximate surface area is 285 Å². The van der Waals surface area contributed by atoms with Gasteiger partial charge in [-0.1, -0.05) is 6.07 Å². The number of aryl methyl sites for hydroxylation is 3. The van der Waals surface area contributed by atoms with Gasteiger partial charge in [-0.2, -0.15) is 13.2 Å². The number of hydrogen-bond acceptors (Lipinski definition) is 7. The number of hydrogen-bond donors (Lipinski definition) is 2.